The highest BCUT2D eigenvalue weighted by Gasteiger charge is 2.41. The molecule has 6 heteroatoms. The van der Waals surface area contributed by atoms with Crippen LogP contribution in [0.5, 0.6) is 0 Å². The highest BCUT2D eigenvalue weighted by atomic mass is 28.4. The minimum Gasteiger partial charge on any atom is -0.444 e. The van der Waals surface area contributed by atoms with Crippen LogP contribution in [0.25, 0.3) is 0 Å². The van der Waals surface area contributed by atoms with E-state index in [1.54, 1.807) is 11.0 Å². The average molecular weight is 370 g/mol. The number of carbonyl (C=O) groups excluding carboxylic acids is 2. The number of hydrogen-bond donors (Lipinski definition) is 0. The zero-order valence-corrected chi connectivity index (χ0v) is 18.1. The number of likely N-dealkylation sites (tertiary alicyclic amines) is 1. The van der Waals surface area contributed by atoms with Crippen molar-refractivity contribution in [3.8, 4) is 0 Å². The van der Waals surface area contributed by atoms with Crippen molar-refractivity contribution in [2.45, 2.75) is 90.3 Å². The van der Waals surface area contributed by atoms with E-state index in [-0.39, 0.29) is 23.3 Å². The van der Waals surface area contributed by atoms with Gasteiger partial charge in [0.25, 0.3) is 0 Å². The molecule has 1 aliphatic heterocycles. The van der Waals surface area contributed by atoms with Gasteiger partial charge in [-0.1, -0.05) is 26.8 Å². The zero-order valence-electron chi connectivity index (χ0n) is 17.1. The van der Waals surface area contributed by atoms with Crippen molar-refractivity contribution in [3.05, 3.63) is 12.2 Å². The predicted molar refractivity (Wildman–Crippen MR) is 103 cm³/mol. The van der Waals surface area contributed by atoms with Gasteiger partial charge in [-0.25, -0.2) is 4.79 Å². The Kier molecular flexibility index (Phi) is 7.04. The van der Waals surface area contributed by atoms with Gasteiger partial charge >= 0.3 is 6.09 Å². The van der Waals surface area contributed by atoms with Crippen LogP contribution in [-0.2, 0) is 14.0 Å². The lowest BCUT2D eigenvalue weighted by Crippen LogP contribution is -2.52. The molecule has 0 bridgehead atoms. The van der Waals surface area contributed by atoms with E-state index >= 15 is 0 Å². The number of allylic oxidation sites excluding steroid dienone is 1. The van der Waals surface area contributed by atoms with Crippen LogP contribution in [0.3, 0.4) is 0 Å². The van der Waals surface area contributed by atoms with E-state index in [1.165, 1.54) is 6.08 Å². The van der Waals surface area contributed by atoms with Crippen molar-refractivity contribution in [2.75, 3.05) is 6.54 Å². The zero-order chi connectivity index (χ0) is 19.5. The molecule has 1 aliphatic rings. The summed E-state index contributed by atoms with van der Waals surface area (Å²) in [5.74, 6) is 0. The van der Waals surface area contributed by atoms with Crippen molar-refractivity contribution < 1.29 is 18.8 Å². The third kappa shape index (κ3) is 6.59. The Bertz CT molecular complexity index is 503. The van der Waals surface area contributed by atoms with Gasteiger partial charge in [-0.15, -0.1) is 0 Å². The van der Waals surface area contributed by atoms with Crippen molar-refractivity contribution >= 4 is 20.7 Å². The molecular weight excluding hydrogens is 334 g/mol. The summed E-state index contributed by atoms with van der Waals surface area (Å²) >= 11 is 0. The molecule has 2 atom stereocenters. The molecule has 1 saturated heterocycles. The Labute approximate surface area is 153 Å². The molecule has 0 aromatic rings. The van der Waals surface area contributed by atoms with Gasteiger partial charge in [-0.2, -0.15) is 0 Å². The van der Waals surface area contributed by atoms with Crippen molar-refractivity contribution in [1.82, 2.24) is 4.90 Å². The molecule has 5 nitrogen and oxygen atoms in total. The van der Waals surface area contributed by atoms with Crippen molar-refractivity contribution in [3.63, 3.8) is 0 Å². The van der Waals surface area contributed by atoms with Crippen molar-refractivity contribution in [1.29, 1.82) is 0 Å². The first-order valence-corrected chi connectivity index (χ1v) is 12.0. The van der Waals surface area contributed by atoms with E-state index < -0.39 is 13.9 Å². The van der Waals surface area contributed by atoms with E-state index in [1.807, 2.05) is 20.8 Å². The largest absolute Gasteiger partial charge is 0.444 e. The molecule has 0 aliphatic carbocycles. The summed E-state index contributed by atoms with van der Waals surface area (Å²) in [5, 5.41) is 0.142. The van der Waals surface area contributed by atoms with E-state index in [2.05, 4.69) is 33.9 Å². The summed E-state index contributed by atoms with van der Waals surface area (Å²) in [6.07, 6.45) is 5.22. The summed E-state index contributed by atoms with van der Waals surface area (Å²) in [7, 11) is -1.87. The van der Waals surface area contributed by atoms with Gasteiger partial charge in [-0.05, 0) is 57.8 Å². The SMILES string of the molecule is CC(C)(C)OC(=O)N1CC[C@H](O[Si](C)(C)C(C)(C)C)C[C@H]1/C=C/C=O. The van der Waals surface area contributed by atoms with E-state index in [9.17, 15) is 9.59 Å². The summed E-state index contributed by atoms with van der Waals surface area (Å²) in [6, 6.07) is -0.177. The Hall–Kier alpha value is -1.14. The van der Waals surface area contributed by atoms with Crippen LogP contribution in [0.2, 0.25) is 18.1 Å². The van der Waals surface area contributed by atoms with Crippen LogP contribution in [0.4, 0.5) is 4.79 Å². The van der Waals surface area contributed by atoms with Crippen LogP contribution in [-0.4, -0.2) is 49.9 Å². The maximum absolute atomic E-state index is 12.5. The number of amides is 1. The fourth-order valence-electron chi connectivity index (χ4n) is 2.57. The molecule has 1 rings (SSSR count). The summed E-state index contributed by atoms with van der Waals surface area (Å²) in [6.45, 7) is 17.3. The fourth-order valence-corrected chi connectivity index (χ4v) is 3.97. The summed E-state index contributed by atoms with van der Waals surface area (Å²) in [5.41, 5.74) is -0.537. The Morgan fingerprint density at radius 2 is 1.76 bits per heavy atom. The lowest BCUT2D eigenvalue weighted by atomic mass is 9.99. The van der Waals surface area contributed by atoms with Crippen LogP contribution in [0.1, 0.15) is 54.4 Å². The average Bonchev–Trinajstić information content (AvgIpc) is 2.41. The molecule has 144 valence electrons. The smallest absolute Gasteiger partial charge is 0.410 e. The molecule has 0 radical (unpaired) electrons. The highest BCUT2D eigenvalue weighted by Crippen LogP contribution is 2.39. The molecule has 0 N–H and O–H groups in total. The topological polar surface area (TPSA) is 55.8 Å². The van der Waals surface area contributed by atoms with Gasteiger partial charge in [0, 0.05) is 12.6 Å². The minimum atomic E-state index is -1.87. The first-order chi connectivity index (χ1) is 11.3. The molecule has 25 heavy (non-hydrogen) atoms. The quantitative estimate of drug-likeness (QED) is 0.415. The summed E-state index contributed by atoms with van der Waals surface area (Å²) in [4.78, 5) is 24.9. The third-order valence-electron chi connectivity index (χ3n) is 4.90. The van der Waals surface area contributed by atoms with Gasteiger partial charge in [0.05, 0.1) is 6.04 Å². The second-order valence-electron chi connectivity index (χ2n) is 9.29. The molecular formula is C19H35NO4Si. The second kappa shape index (κ2) is 8.04. The normalized spacial score (nSPS) is 23.0. The Balaban J connectivity index is 2.87. The molecule has 1 heterocycles. The van der Waals surface area contributed by atoms with Gasteiger partial charge in [0.1, 0.15) is 11.9 Å². The third-order valence-corrected chi connectivity index (χ3v) is 9.44. The molecule has 0 saturated carbocycles. The van der Waals surface area contributed by atoms with E-state index in [0.29, 0.717) is 13.0 Å². The second-order valence-corrected chi connectivity index (χ2v) is 14.0. The number of rotatable bonds is 4. The number of piperidine rings is 1. The maximum Gasteiger partial charge on any atom is 0.410 e. The minimum absolute atomic E-state index is 0.0980. The van der Waals surface area contributed by atoms with Crippen LogP contribution in [0, 0.1) is 0 Å². The first kappa shape index (κ1) is 21.9. The molecule has 0 aromatic carbocycles. The number of hydrogen-bond acceptors (Lipinski definition) is 4. The Morgan fingerprint density at radius 1 is 1.16 bits per heavy atom. The number of ether oxygens (including phenoxy) is 1. The molecule has 1 fully saturated rings. The predicted octanol–water partition coefficient (Wildman–Crippen LogP) is 4.53. The van der Waals surface area contributed by atoms with Gasteiger partial charge in [-0.3, -0.25) is 4.79 Å². The molecule has 1 amide bonds. The molecule has 0 aromatic heterocycles. The highest BCUT2D eigenvalue weighted by molar-refractivity contribution is 6.74. The van der Waals surface area contributed by atoms with E-state index in [0.717, 1.165) is 12.7 Å². The van der Waals surface area contributed by atoms with Gasteiger partial charge in [0.2, 0.25) is 0 Å². The lowest BCUT2D eigenvalue weighted by molar-refractivity contribution is -0.104. The monoisotopic (exact) mass is 369 g/mol. The van der Waals surface area contributed by atoms with Gasteiger partial charge < -0.3 is 14.1 Å². The fraction of sp³-hybridized carbons (Fsp3) is 0.789. The standard InChI is InChI=1S/C19H35NO4Si/c1-18(2,3)23-17(22)20-12-11-16(14-15(20)10-9-13-21)24-25(7,8)19(4,5)6/h9-10,13,15-16H,11-12,14H2,1-8H3/b10-9+/t15-,16+/m1/s1. The molecule has 0 unspecified atom stereocenters. The lowest BCUT2D eigenvalue weighted by Gasteiger charge is -2.44. The van der Waals surface area contributed by atoms with Crippen molar-refractivity contribution in [2.24, 2.45) is 0 Å². The summed E-state index contributed by atoms with van der Waals surface area (Å²) < 4.78 is 12.0. The van der Waals surface area contributed by atoms with E-state index in [4.69, 9.17) is 9.16 Å². The Morgan fingerprint density at radius 3 is 2.24 bits per heavy atom. The first-order valence-electron chi connectivity index (χ1n) is 9.06. The van der Waals surface area contributed by atoms with Crippen LogP contribution >= 0.6 is 0 Å². The number of nitrogens with zero attached hydrogens (tertiary/aromatic N) is 1. The molecule has 0 spiro atoms. The van der Waals surface area contributed by atoms with Crippen LogP contribution in [0.15, 0.2) is 12.2 Å². The number of carbonyl (C=O) groups is 2. The number of aldehydes is 1. The van der Waals surface area contributed by atoms with Crippen LogP contribution < -0.4 is 0 Å². The maximum atomic E-state index is 12.5. The van der Waals surface area contributed by atoms with Gasteiger partial charge in [0.15, 0.2) is 8.32 Å².